The molecule has 1 heterocycles. The van der Waals surface area contributed by atoms with Crippen LogP contribution in [0.1, 0.15) is 29.4 Å². The molecule has 4 nitrogen and oxygen atoms in total. The quantitative estimate of drug-likeness (QED) is 0.658. The first-order chi connectivity index (χ1) is 11.4. The number of ketones is 1. The maximum absolute atomic E-state index is 9.56. The molecule has 0 atom stereocenters. The molecule has 1 aliphatic rings. The highest BCUT2D eigenvalue weighted by atomic mass is 16.7. The van der Waals surface area contributed by atoms with Crippen LogP contribution in [0.25, 0.3) is 6.08 Å². The van der Waals surface area contributed by atoms with Crippen molar-refractivity contribution in [3.63, 3.8) is 0 Å². The van der Waals surface area contributed by atoms with Gasteiger partial charge in [-0.25, -0.2) is 4.42 Å². The second-order valence-corrected chi connectivity index (χ2v) is 5.96. The highest BCUT2D eigenvalue weighted by Gasteiger charge is 2.37. The third kappa shape index (κ3) is 3.66. The standard InChI is InChI=1S/C20H18O4/c1-20(2)23-16(10-8-14-9-11-17(21)18(22)12-14)13-19(24-20)15-6-4-3-5-7-15/h3-13H,1-2H3,(H-,21,22)/p+1/b10-8+. The summed E-state index contributed by atoms with van der Waals surface area (Å²) < 4.78 is 11.7. The van der Waals surface area contributed by atoms with Crippen molar-refractivity contribution >= 4 is 11.9 Å². The molecule has 3 rings (SSSR count). The molecule has 122 valence electrons. The molecule has 4 heteroatoms. The van der Waals surface area contributed by atoms with Gasteiger partial charge in [0.25, 0.3) is 0 Å². The predicted molar refractivity (Wildman–Crippen MR) is 92.8 cm³/mol. The van der Waals surface area contributed by atoms with Crippen LogP contribution in [-0.4, -0.2) is 21.8 Å². The topological polar surface area (TPSA) is 61.0 Å². The highest BCUT2D eigenvalue weighted by Crippen LogP contribution is 2.27. The van der Waals surface area contributed by atoms with Crippen molar-refractivity contribution < 1.29 is 19.4 Å². The molecule has 0 radical (unpaired) electrons. The molecule has 0 spiro atoms. The Balaban J connectivity index is 1.89. The van der Waals surface area contributed by atoms with E-state index in [1.165, 1.54) is 12.1 Å². The fourth-order valence-corrected chi connectivity index (χ4v) is 2.41. The number of rotatable bonds is 3. The molecule has 0 bridgehead atoms. The molecule has 2 N–H and O–H groups in total. The smallest absolute Gasteiger partial charge is 0.424 e. The first-order valence-electron chi connectivity index (χ1n) is 7.65. The van der Waals surface area contributed by atoms with Gasteiger partial charge in [-0.15, -0.1) is 0 Å². The minimum Gasteiger partial charge on any atom is -0.504 e. The van der Waals surface area contributed by atoms with Crippen molar-refractivity contribution in [2.45, 2.75) is 19.6 Å². The molecule has 0 unspecified atom stereocenters. The number of aromatic hydroxyl groups is 2. The average Bonchev–Trinajstić information content (AvgIpc) is 2.55. The van der Waals surface area contributed by atoms with Crippen LogP contribution in [0.4, 0.5) is 0 Å². The fourth-order valence-electron chi connectivity index (χ4n) is 2.41. The van der Waals surface area contributed by atoms with Gasteiger partial charge < -0.3 is 14.9 Å². The van der Waals surface area contributed by atoms with E-state index in [0.29, 0.717) is 5.76 Å². The maximum Gasteiger partial charge on any atom is 0.424 e. The summed E-state index contributed by atoms with van der Waals surface area (Å²) in [4.78, 5) is 0. The molecule has 0 saturated heterocycles. The molecular weight excluding hydrogens is 304 g/mol. The van der Waals surface area contributed by atoms with Gasteiger partial charge in [0.05, 0.1) is 25.5 Å². The van der Waals surface area contributed by atoms with Gasteiger partial charge in [-0.2, -0.15) is 0 Å². The maximum atomic E-state index is 9.56. The van der Waals surface area contributed by atoms with Crippen LogP contribution in [0.5, 0.6) is 11.5 Å². The SMILES string of the molecule is CC1(C)OC(/C=C/c2ccc(O)c(O)c2)=CC(c2ccccc2)=[O+]1. The summed E-state index contributed by atoms with van der Waals surface area (Å²) in [6.45, 7) is 3.70. The van der Waals surface area contributed by atoms with Gasteiger partial charge >= 0.3 is 11.6 Å². The number of allylic oxidation sites excluding steroid dienone is 2. The van der Waals surface area contributed by atoms with Gasteiger partial charge in [0, 0.05) is 0 Å². The lowest BCUT2D eigenvalue weighted by atomic mass is 10.1. The molecule has 2 aromatic carbocycles. The van der Waals surface area contributed by atoms with Crippen LogP contribution in [-0.2, 0) is 4.74 Å². The number of phenolic OH excluding ortho intramolecular Hbond substituents is 2. The van der Waals surface area contributed by atoms with Crippen molar-refractivity contribution in [3.05, 3.63) is 77.6 Å². The summed E-state index contributed by atoms with van der Waals surface area (Å²) in [7, 11) is 0. The van der Waals surface area contributed by atoms with E-state index in [1.54, 1.807) is 18.2 Å². The van der Waals surface area contributed by atoms with Crippen molar-refractivity contribution in [2.75, 3.05) is 0 Å². The summed E-state index contributed by atoms with van der Waals surface area (Å²) in [6, 6.07) is 14.5. The predicted octanol–water partition coefficient (Wildman–Crippen LogP) is 4.18. The number of phenols is 2. The zero-order valence-electron chi connectivity index (χ0n) is 13.6. The molecule has 0 saturated carbocycles. The zero-order valence-corrected chi connectivity index (χ0v) is 13.6. The summed E-state index contributed by atoms with van der Waals surface area (Å²) in [5.74, 6) is 0.305. The van der Waals surface area contributed by atoms with Crippen LogP contribution < -0.4 is 0 Å². The molecule has 0 aliphatic carbocycles. The van der Waals surface area contributed by atoms with Gasteiger partial charge in [-0.3, -0.25) is 0 Å². The summed E-state index contributed by atoms with van der Waals surface area (Å²) in [6.07, 6.45) is 5.44. The van der Waals surface area contributed by atoms with Crippen LogP contribution in [0.15, 0.2) is 66.4 Å². The zero-order chi connectivity index (χ0) is 17.2. The second kappa shape index (κ2) is 6.24. The number of ether oxygens (including phenoxy) is 1. The Morgan fingerprint density at radius 3 is 2.42 bits per heavy atom. The Morgan fingerprint density at radius 2 is 1.71 bits per heavy atom. The molecule has 0 amide bonds. The number of benzene rings is 2. The van der Waals surface area contributed by atoms with Crippen LogP contribution >= 0.6 is 0 Å². The first kappa shape index (κ1) is 15.9. The Kier molecular flexibility index (Phi) is 4.13. The summed E-state index contributed by atoms with van der Waals surface area (Å²) in [5.41, 5.74) is 1.72. The van der Waals surface area contributed by atoms with E-state index < -0.39 is 5.79 Å². The summed E-state index contributed by atoms with van der Waals surface area (Å²) in [5, 5.41) is 18.9. The van der Waals surface area contributed by atoms with Crippen LogP contribution in [0.3, 0.4) is 0 Å². The molecular formula is C20H19O4+. The van der Waals surface area contributed by atoms with Gasteiger partial charge in [0.1, 0.15) is 5.76 Å². The van der Waals surface area contributed by atoms with Crippen molar-refractivity contribution in [2.24, 2.45) is 0 Å². The summed E-state index contributed by atoms with van der Waals surface area (Å²) >= 11 is 0. The molecule has 2 aromatic rings. The van der Waals surface area contributed by atoms with Gasteiger partial charge in [-0.1, -0.05) is 30.3 Å². The first-order valence-corrected chi connectivity index (χ1v) is 7.65. The van der Waals surface area contributed by atoms with Crippen LogP contribution in [0, 0.1) is 0 Å². The Labute approximate surface area is 140 Å². The van der Waals surface area contributed by atoms with Crippen molar-refractivity contribution in [1.29, 1.82) is 0 Å². The molecule has 0 fully saturated rings. The van der Waals surface area contributed by atoms with E-state index in [4.69, 9.17) is 9.16 Å². The van der Waals surface area contributed by atoms with Crippen molar-refractivity contribution in [3.8, 4) is 11.5 Å². The van der Waals surface area contributed by atoms with E-state index in [9.17, 15) is 10.2 Å². The molecule has 0 aromatic heterocycles. The highest BCUT2D eigenvalue weighted by molar-refractivity contribution is 6.05. The Bertz CT molecular complexity index is 830. The van der Waals surface area contributed by atoms with Gasteiger partial charge in [-0.05, 0) is 35.9 Å². The van der Waals surface area contributed by atoms with E-state index in [2.05, 4.69) is 0 Å². The van der Waals surface area contributed by atoms with Gasteiger partial charge in [0.2, 0.25) is 0 Å². The minimum atomic E-state index is -0.781. The monoisotopic (exact) mass is 323 g/mol. The van der Waals surface area contributed by atoms with Gasteiger partial charge in [0.15, 0.2) is 11.5 Å². The third-order valence-electron chi connectivity index (χ3n) is 3.49. The Hall–Kier alpha value is -3.01. The fraction of sp³-hybridized carbons (Fsp3) is 0.150. The number of hydrogen-bond acceptors (Lipinski definition) is 3. The number of carbonyl (C=O) groups excluding carboxylic acids is 1. The third-order valence-corrected chi connectivity index (χ3v) is 3.49. The molecule has 24 heavy (non-hydrogen) atoms. The van der Waals surface area contributed by atoms with Crippen LogP contribution in [0.2, 0.25) is 0 Å². The largest absolute Gasteiger partial charge is 0.504 e. The minimum absolute atomic E-state index is 0.144. The molecule has 1 aliphatic heterocycles. The van der Waals surface area contributed by atoms with E-state index in [1.807, 2.05) is 50.3 Å². The number of hydrogen-bond donors (Lipinski definition) is 2. The van der Waals surface area contributed by atoms with E-state index >= 15 is 0 Å². The van der Waals surface area contributed by atoms with E-state index in [-0.39, 0.29) is 11.5 Å². The lowest BCUT2D eigenvalue weighted by molar-refractivity contribution is -0.462. The van der Waals surface area contributed by atoms with Crippen molar-refractivity contribution in [1.82, 2.24) is 0 Å². The normalized spacial score (nSPS) is 16.4. The lowest BCUT2D eigenvalue weighted by Crippen LogP contribution is -2.27. The Morgan fingerprint density at radius 1 is 0.958 bits per heavy atom. The lowest BCUT2D eigenvalue weighted by Gasteiger charge is -2.17. The average molecular weight is 323 g/mol. The van der Waals surface area contributed by atoms with E-state index in [0.717, 1.165) is 16.9 Å². The second-order valence-electron chi connectivity index (χ2n) is 5.96.